The highest BCUT2D eigenvalue weighted by molar-refractivity contribution is 5.26. The average Bonchev–Trinajstić information content (AvgIpc) is 2.27. The third kappa shape index (κ3) is 2.44. The largest absolute Gasteiger partial charge is 0.234 e. The van der Waals surface area contributed by atoms with Gasteiger partial charge in [-0.3, -0.25) is 0 Å². The minimum Gasteiger partial charge on any atom is -0.234 e. The Morgan fingerprint density at radius 1 is 1.36 bits per heavy atom. The highest BCUT2D eigenvalue weighted by Gasteiger charge is 2.26. The van der Waals surface area contributed by atoms with Gasteiger partial charge in [0.1, 0.15) is 0 Å². The Morgan fingerprint density at radius 2 is 2.00 bits per heavy atom. The van der Waals surface area contributed by atoms with Gasteiger partial charge in [0.05, 0.1) is 0 Å². The molecule has 0 radical (unpaired) electrons. The Bertz CT molecular complexity index is 279. The number of benzene rings is 1. The highest BCUT2D eigenvalue weighted by Crippen LogP contribution is 2.32. The lowest BCUT2D eigenvalue weighted by molar-refractivity contribution is 0.212. The molecule has 1 unspecified atom stereocenters. The summed E-state index contributed by atoms with van der Waals surface area (Å²) in [5.74, 6) is 0. The summed E-state index contributed by atoms with van der Waals surface area (Å²) >= 11 is 0. The van der Waals surface area contributed by atoms with Crippen molar-refractivity contribution in [2.24, 2.45) is 0 Å². The molecular formula is C13H17F. The van der Waals surface area contributed by atoms with Crippen molar-refractivity contribution in [3.8, 4) is 0 Å². The molecule has 0 aliphatic rings. The summed E-state index contributed by atoms with van der Waals surface area (Å²) in [6.45, 7) is 5.65. The van der Waals surface area contributed by atoms with Crippen molar-refractivity contribution in [3.05, 3.63) is 48.6 Å². The molecule has 0 fully saturated rings. The minimum atomic E-state index is -1.35. The van der Waals surface area contributed by atoms with Gasteiger partial charge in [-0.05, 0) is 18.4 Å². The maximum atomic E-state index is 14.3. The Morgan fingerprint density at radius 3 is 2.50 bits per heavy atom. The Balaban J connectivity index is 2.84. The maximum Gasteiger partial charge on any atom is 0.153 e. The Labute approximate surface area is 85.5 Å². The fourth-order valence-electron chi connectivity index (χ4n) is 1.51. The Hall–Kier alpha value is -1.11. The topological polar surface area (TPSA) is 0 Å². The van der Waals surface area contributed by atoms with Crippen LogP contribution in [0.1, 0.15) is 31.7 Å². The first-order chi connectivity index (χ1) is 6.73. The average molecular weight is 192 g/mol. The number of halogens is 1. The number of alkyl halides is 1. The SMILES string of the molecule is C=CC(F)(CCCC)c1ccccc1. The molecule has 0 N–H and O–H groups in total. The molecule has 1 aromatic rings. The Kier molecular flexibility index (Phi) is 3.87. The van der Waals surface area contributed by atoms with Crippen LogP contribution in [-0.2, 0) is 5.67 Å². The van der Waals surface area contributed by atoms with E-state index in [4.69, 9.17) is 0 Å². The van der Waals surface area contributed by atoms with E-state index in [9.17, 15) is 4.39 Å². The fraction of sp³-hybridized carbons (Fsp3) is 0.385. The molecule has 1 aromatic carbocycles. The standard InChI is InChI=1S/C13H17F/c1-3-5-11-13(14,4-2)12-9-7-6-8-10-12/h4,6-10H,2-3,5,11H2,1H3. The van der Waals surface area contributed by atoms with Crippen molar-refractivity contribution < 1.29 is 4.39 Å². The summed E-state index contributed by atoms with van der Waals surface area (Å²) in [7, 11) is 0. The first-order valence-corrected chi connectivity index (χ1v) is 5.11. The van der Waals surface area contributed by atoms with Crippen molar-refractivity contribution in [1.29, 1.82) is 0 Å². The zero-order valence-corrected chi connectivity index (χ0v) is 8.67. The van der Waals surface area contributed by atoms with Crippen LogP contribution in [0.4, 0.5) is 4.39 Å². The molecule has 0 saturated carbocycles. The zero-order chi connectivity index (χ0) is 10.4. The molecule has 1 heteroatoms. The fourth-order valence-corrected chi connectivity index (χ4v) is 1.51. The summed E-state index contributed by atoms with van der Waals surface area (Å²) < 4.78 is 14.3. The van der Waals surface area contributed by atoms with Crippen molar-refractivity contribution in [2.45, 2.75) is 31.9 Å². The van der Waals surface area contributed by atoms with Crippen LogP contribution in [0, 0.1) is 0 Å². The molecule has 0 bridgehead atoms. The molecule has 0 heterocycles. The van der Waals surface area contributed by atoms with Gasteiger partial charge in [-0.2, -0.15) is 0 Å². The molecule has 0 aliphatic carbocycles. The van der Waals surface area contributed by atoms with E-state index in [2.05, 4.69) is 13.5 Å². The van der Waals surface area contributed by atoms with Gasteiger partial charge in [-0.1, -0.05) is 56.3 Å². The second-order valence-electron chi connectivity index (χ2n) is 3.54. The van der Waals surface area contributed by atoms with E-state index in [0.29, 0.717) is 12.0 Å². The summed E-state index contributed by atoms with van der Waals surface area (Å²) in [6, 6.07) is 9.25. The van der Waals surface area contributed by atoms with Crippen LogP contribution in [0.5, 0.6) is 0 Å². The third-order valence-electron chi connectivity index (χ3n) is 2.47. The van der Waals surface area contributed by atoms with Crippen molar-refractivity contribution in [3.63, 3.8) is 0 Å². The van der Waals surface area contributed by atoms with Gasteiger partial charge < -0.3 is 0 Å². The monoisotopic (exact) mass is 192 g/mol. The first-order valence-electron chi connectivity index (χ1n) is 5.11. The van der Waals surface area contributed by atoms with Crippen molar-refractivity contribution in [2.75, 3.05) is 0 Å². The molecule has 14 heavy (non-hydrogen) atoms. The van der Waals surface area contributed by atoms with Crippen LogP contribution >= 0.6 is 0 Å². The number of hydrogen-bond donors (Lipinski definition) is 0. The van der Waals surface area contributed by atoms with Gasteiger partial charge in [0.25, 0.3) is 0 Å². The first kappa shape index (κ1) is 11.0. The number of rotatable bonds is 5. The molecular weight excluding hydrogens is 175 g/mol. The predicted molar refractivity (Wildman–Crippen MR) is 59.0 cm³/mol. The smallest absolute Gasteiger partial charge is 0.153 e. The summed E-state index contributed by atoms with van der Waals surface area (Å²) in [5, 5.41) is 0. The van der Waals surface area contributed by atoms with E-state index >= 15 is 0 Å². The highest BCUT2D eigenvalue weighted by atomic mass is 19.1. The molecule has 0 nitrogen and oxygen atoms in total. The van der Waals surface area contributed by atoms with Crippen LogP contribution in [-0.4, -0.2) is 0 Å². The van der Waals surface area contributed by atoms with E-state index in [0.717, 1.165) is 12.8 Å². The molecule has 0 spiro atoms. The van der Waals surface area contributed by atoms with Crippen molar-refractivity contribution >= 4 is 0 Å². The molecule has 0 amide bonds. The molecule has 0 saturated heterocycles. The lowest BCUT2D eigenvalue weighted by Crippen LogP contribution is -2.16. The van der Waals surface area contributed by atoms with Crippen molar-refractivity contribution in [1.82, 2.24) is 0 Å². The van der Waals surface area contributed by atoms with Crippen LogP contribution in [0.3, 0.4) is 0 Å². The molecule has 1 atom stereocenters. The van der Waals surface area contributed by atoms with E-state index in [1.165, 1.54) is 6.08 Å². The number of unbranched alkanes of at least 4 members (excludes halogenated alkanes) is 1. The van der Waals surface area contributed by atoms with Gasteiger partial charge in [0.2, 0.25) is 0 Å². The number of hydrogen-bond acceptors (Lipinski definition) is 0. The van der Waals surface area contributed by atoms with Crippen LogP contribution in [0.15, 0.2) is 43.0 Å². The van der Waals surface area contributed by atoms with E-state index < -0.39 is 5.67 Å². The quantitative estimate of drug-likeness (QED) is 0.612. The lowest BCUT2D eigenvalue weighted by Gasteiger charge is -2.21. The molecule has 76 valence electrons. The van der Waals surface area contributed by atoms with Crippen LogP contribution in [0.2, 0.25) is 0 Å². The normalized spacial score (nSPS) is 14.7. The zero-order valence-electron chi connectivity index (χ0n) is 8.67. The van der Waals surface area contributed by atoms with E-state index in [1.807, 2.05) is 30.3 Å². The maximum absolute atomic E-state index is 14.3. The summed E-state index contributed by atoms with van der Waals surface area (Å²) in [5.41, 5.74) is -0.638. The molecule has 0 aromatic heterocycles. The number of allylic oxidation sites excluding steroid dienone is 1. The molecule has 1 rings (SSSR count). The van der Waals surface area contributed by atoms with Gasteiger partial charge in [0, 0.05) is 0 Å². The predicted octanol–water partition coefficient (Wildman–Crippen LogP) is 4.23. The van der Waals surface area contributed by atoms with E-state index in [1.54, 1.807) is 0 Å². The second-order valence-corrected chi connectivity index (χ2v) is 3.54. The van der Waals surface area contributed by atoms with Gasteiger partial charge in [0.15, 0.2) is 5.67 Å². The van der Waals surface area contributed by atoms with Gasteiger partial charge in [-0.15, -0.1) is 0 Å². The third-order valence-corrected chi connectivity index (χ3v) is 2.47. The summed E-state index contributed by atoms with van der Waals surface area (Å²) in [6.07, 6.45) is 3.83. The lowest BCUT2D eigenvalue weighted by atomic mass is 9.90. The van der Waals surface area contributed by atoms with Gasteiger partial charge in [-0.25, -0.2) is 4.39 Å². The van der Waals surface area contributed by atoms with Crippen LogP contribution in [0.25, 0.3) is 0 Å². The van der Waals surface area contributed by atoms with E-state index in [-0.39, 0.29) is 0 Å². The molecule has 0 aliphatic heterocycles. The summed E-state index contributed by atoms with van der Waals surface area (Å²) in [4.78, 5) is 0. The minimum absolute atomic E-state index is 0.525. The second kappa shape index (κ2) is 4.94. The van der Waals surface area contributed by atoms with Crippen LogP contribution < -0.4 is 0 Å². The van der Waals surface area contributed by atoms with Gasteiger partial charge >= 0.3 is 0 Å².